The van der Waals surface area contributed by atoms with Gasteiger partial charge in [0.1, 0.15) is 5.82 Å². The van der Waals surface area contributed by atoms with Gasteiger partial charge in [-0.05, 0) is 61.1 Å². The third kappa shape index (κ3) is 6.27. The van der Waals surface area contributed by atoms with Gasteiger partial charge in [0.2, 0.25) is 0 Å². The molecule has 3 N–H and O–H groups in total. The zero-order valence-corrected chi connectivity index (χ0v) is 19.9. The average Bonchev–Trinajstić information content (AvgIpc) is 3.27. The van der Waals surface area contributed by atoms with E-state index in [1.165, 1.54) is 11.8 Å². The van der Waals surface area contributed by atoms with E-state index in [1.54, 1.807) is 29.1 Å². The average molecular weight is 502 g/mol. The number of hydrogen-bond donors (Lipinski definition) is 3. The van der Waals surface area contributed by atoms with Crippen molar-refractivity contribution in [1.29, 1.82) is 0 Å². The lowest BCUT2D eigenvalue weighted by atomic mass is 10.0. The summed E-state index contributed by atoms with van der Waals surface area (Å²) in [6.07, 6.45) is 6.63. The second-order valence-corrected chi connectivity index (χ2v) is 9.14. The number of halogens is 2. The molecule has 1 amide bonds. The van der Waals surface area contributed by atoms with Gasteiger partial charge in [-0.1, -0.05) is 29.3 Å². The number of fused-ring (bicyclic) bond motifs is 1. The number of aryl methyl sites for hydroxylation is 3. The lowest BCUT2D eigenvalue weighted by Gasteiger charge is -2.17. The molecule has 34 heavy (non-hydrogen) atoms. The molecule has 0 saturated carbocycles. The fraction of sp³-hybridized carbons (Fsp3) is 0.333. The number of amides is 1. The molecule has 1 aliphatic rings. The molecule has 0 bridgehead atoms. The summed E-state index contributed by atoms with van der Waals surface area (Å²) >= 11 is 12.1. The number of carbonyl (C=O) groups is 2. The number of benzene rings is 1. The fourth-order valence-electron chi connectivity index (χ4n) is 3.98. The predicted octanol–water partition coefficient (Wildman–Crippen LogP) is 4.52. The van der Waals surface area contributed by atoms with Crippen LogP contribution in [-0.2, 0) is 24.2 Å². The second kappa shape index (κ2) is 10.9. The van der Waals surface area contributed by atoms with Gasteiger partial charge in [-0.25, -0.2) is 4.98 Å². The number of carbonyl (C=O) groups excluding carboxylic acids is 1. The SMILES string of the molecule is O=C(O)C[C@H](NC(=O)c1cnn(CCCc2ccc3c(n2)NCCC3)c1)c1cc(Cl)cc(Cl)c1. The third-order valence-electron chi connectivity index (χ3n) is 5.64. The summed E-state index contributed by atoms with van der Waals surface area (Å²) in [5.74, 6) is -0.488. The molecule has 0 unspecified atom stereocenters. The summed E-state index contributed by atoms with van der Waals surface area (Å²) in [6.45, 7) is 1.58. The van der Waals surface area contributed by atoms with Crippen LogP contribution in [0.3, 0.4) is 0 Å². The number of hydrogen-bond acceptors (Lipinski definition) is 5. The number of aliphatic carboxylic acids is 1. The van der Waals surface area contributed by atoms with Crippen molar-refractivity contribution < 1.29 is 14.7 Å². The number of carboxylic acids is 1. The molecule has 10 heteroatoms. The summed E-state index contributed by atoms with van der Waals surface area (Å²) in [4.78, 5) is 28.8. The number of aromatic nitrogens is 3. The van der Waals surface area contributed by atoms with Gasteiger partial charge in [-0.15, -0.1) is 0 Å². The Hall–Kier alpha value is -3.10. The molecule has 3 heterocycles. The Morgan fingerprint density at radius 2 is 2.00 bits per heavy atom. The Balaban J connectivity index is 1.35. The lowest BCUT2D eigenvalue weighted by molar-refractivity contribution is -0.137. The van der Waals surface area contributed by atoms with E-state index >= 15 is 0 Å². The topological polar surface area (TPSA) is 109 Å². The summed E-state index contributed by atoms with van der Waals surface area (Å²) in [7, 11) is 0. The largest absolute Gasteiger partial charge is 0.481 e. The molecule has 0 radical (unpaired) electrons. The van der Waals surface area contributed by atoms with E-state index in [2.05, 4.69) is 27.9 Å². The van der Waals surface area contributed by atoms with E-state index in [-0.39, 0.29) is 6.42 Å². The van der Waals surface area contributed by atoms with Crippen LogP contribution in [0.5, 0.6) is 0 Å². The first kappa shape index (κ1) is 24.0. The maximum absolute atomic E-state index is 12.8. The van der Waals surface area contributed by atoms with Crippen LogP contribution < -0.4 is 10.6 Å². The molecule has 0 fully saturated rings. The summed E-state index contributed by atoms with van der Waals surface area (Å²) in [5, 5.41) is 20.4. The van der Waals surface area contributed by atoms with Gasteiger partial charge in [0.15, 0.2) is 0 Å². The van der Waals surface area contributed by atoms with Gasteiger partial charge < -0.3 is 15.7 Å². The van der Waals surface area contributed by atoms with Crippen LogP contribution in [0.2, 0.25) is 10.0 Å². The first-order chi connectivity index (χ1) is 16.4. The van der Waals surface area contributed by atoms with E-state index in [1.807, 2.05) is 0 Å². The number of carboxylic acid groups (broad SMARTS) is 1. The first-order valence-electron chi connectivity index (χ1n) is 11.1. The van der Waals surface area contributed by atoms with Gasteiger partial charge in [-0.3, -0.25) is 14.3 Å². The molecular weight excluding hydrogens is 477 g/mol. The molecular formula is C24H25Cl2N5O3. The van der Waals surface area contributed by atoms with Crippen molar-refractivity contribution in [2.75, 3.05) is 11.9 Å². The van der Waals surface area contributed by atoms with Crippen molar-refractivity contribution in [3.05, 3.63) is 75.2 Å². The Morgan fingerprint density at radius 3 is 2.76 bits per heavy atom. The number of anilines is 1. The Kier molecular flexibility index (Phi) is 7.70. The van der Waals surface area contributed by atoms with E-state index in [4.69, 9.17) is 28.2 Å². The van der Waals surface area contributed by atoms with Crippen LogP contribution in [0, 0.1) is 0 Å². The van der Waals surface area contributed by atoms with Crippen molar-refractivity contribution in [3.8, 4) is 0 Å². The van der Waals surface area contributed by atoms with Crippen LogP contribution in [0.4, 0.5) is 5.82 Å². The predicted molar refractivity (Wildman–Crippen MR) is 131 cm³/mol. The van der Waals surface area contributed by atoms with Gasteiger partial charge >= 0.3 is 5.97 Å². The van der Waals surface area contributed by atoms with Gasteiger partial charge in [0.05, 0.1) is 24.2 Å². The van der Waals surface area contributed by atoms with E-state index in [0.29, 0.717) is 27.7 Å². The molecule has 8 nitrogen and oxygen atoms in total. The maximum atomic E-state index is 12.8. The molecule has 1 aliphatic heterocycles. The third-order valence-corrected chi connectivity index (χ3v) is 6.08. The molecule has 0 spiro atoms. The van der Waals surface area contributed by atoms with Crippen LogP contribution in [0.25, 0.3) is 0 Å². The molecule has 0 saturated heterocycles. The van der Waals surface area contributed by atoms with Gasteiger partial charge in [-0.2, -0.15) is 5.10 Å². The van der Waals surface area contributed by atoms with E-state index in [0.717, 1.165) is 43.7 Å². The van der Waals surface area contributed by atoms with E-state index in [9.17, 15) is 14.7 Å². The highest BCUT2D eigenvalue weighted by molar-refractivity contribution is 6.34. The standard InChI is InChI=1S/C24H25Cl2N5O3/c25-18-9-16(10-19(26)11-18)21(12-22(32)33)30-24(34)17-13-28-31(14-17)8-2-4-20-6-5-15-3-1-7-27-23(15)29-20/h5-6,9-11,13-14,21H,1-4,7-8,12H2,(H,27,29)(H,30,34)(H,32,33)/t21-/m0/s1. The van der Waals surface area contributed by atoms with Crippen LogP contribution in [-0.4, -0.2) is 38.3 Å². The van der Waals surface area contributed by atoms with Crippen molar-refractivity contribution in [3.63, 3.8) is 0 Å². The number of nitrogens with zero attached hydrogens (tertiary/aromatic N) is 3. The lowest BCUT2D eigenvalue weighted by Crippen LogP contribution is -2.30. The summed E-state index contributed by atoms with van der Waals surface area (Å²) in [5.41, 5.74) is 3.15. The first-order valence-corrected chi connectivity index (χ1v) is 11.9. The Bertz CT molecular complexity index is 1180. The van der Waals surface area contributed by atoms with Crippen LogP contribution in [0.1, 0.15) is 52.5 Å². The quantitative estimate of drug-likeness (QED) is 0.397. The van der Waals surface area contributed by atoms with Crippen molar-refractivity contribution in [2.45, 2.75) is 44.7 Å². The molecule has 2 aromatic heterocycles. The highest BCUT2D eigenvalue weighted by Crippen LogP contribution is 2.26. The molecule has 178 valence electrons. The molecule has 0 aliphatic carbocycles. The van der Waals surface area contributed by atoms with Crippen molar-refractivity contribution in [1.82, 2.24) is 20.1 Å². The van der Waals surface area contributed by atoms with Gasteiger partial charge in [0.25, 0.3) is 5.91 Å². The number of pyridine rings is 1. The van der Waals surface area contributed by atoms with E-state index < -0.39 is 17.9 Å². The second-order valence-electron chi connectivity index (χ2n) is 8.26. The molecule has 4 rings (SSSR count). The molecule has 1 aromatic carbocycles. The number of rotatable bonds is 9. The Labute approximate surface area is 207 Å². The van der Waals surface area contributed by atoms with Gasteiger partial charge in [0, 0.05) is 35.0 Å². The Morgan fingerprint density at radius 1 is 1.21 bits per heavy atom. The molecule has 3 aromatic rings. The normalized spacial score (nSPS) is 13.6. The minimum atomic E-state index is -1.05. The van der Waals surface area contributed by atoms with Crippen LogP contribution in [0.15, 0.2) is 42.7 Å². The van der Waals surface area contributed by atoms with Crippen LogP contribution >= 0.6 is 23.2 Å². The maximum Gasteiger partial charge on any atom is 0.305 e. The fourth-order valence-corrected chi connectivity index (χ4v) is 4.52. The monoisotopic (exact) mass is 501 g/mol. The minimum absolute atomic E-state index is 0.306. The highest BCUT2D eigenvalue weighted by atomic mass is 35.5. The molecule has 1 atom stereocenters. The minimum Gasteiger partial charge on any atom is -0.481 e. The smallest absolute Gasteiger partial charge is 0.305 e. The zero-order chi connectivity index (χ0) is 24.1. The van der Waals surface area contributed by atoms with Crippen molar-refractivity contribution in [2.24, 2.45) is 0 Å². The summed E-state index contributed by atoms with van der Waals surface area (Å²) in [6, 6.07) is 8.16. The van der Waals surface area contributed by atoms with Crippen molar-refractivity contribution >= 4 is 40.9 Å². The summed E-state index contributed by atoms with van der Waals surface area (Å²) < 4.78 is 1.70. The highest BCUT2D eigenvalue weighted by Gasteiger charge is 2.21. The number of nitrogens with one attached hydrogen (secondary N) is 2. The zero-order valence-electron chi connectivity index (χ0n) is 18.4.